The molecule has 0 spiro atoms. The van der Waals surface area contributed by atoms with Gasteiger partial charge in [-0.05, 0) is 62.6 Å². The van der Waals surface area contributed by atoms with Gasteiger partial charge in [0.2, 0.25) is 21.8 Å². The Hall–Kier alpha value is -3.72. The van der Waals surface area contributed by atoms with Crippen LogP contribution in [0, 0.1) is 5.82 Å². The summed E-state index contributed by atoms with van der Waals surface area (Å²) in [5, 5.41) is 3.01. The number of sulfonamides is 1. The van der Waals surface area contributed by atoms with Gasteiger partial charge in [0, 0.05) is 31.5 Å². The van der Waals surface area contributed by atoms with Gasteiger partial charge in [-0.3, -0.25) is 13.9 Å². The van der Waals surface area contributed by atoms with Crippen LogP contribution in [-0.4, -0.2) is 49.5 Å². The molecule has 7 nitrogen and oxygen atoms in total. The van der Waals surface area contributed by atoms with E-state index in [4.69, 9.17) is 0 Å². The fourth-order valence-electron chi connectivity index (χ4n) is 4.39. The summed E-state index contributed by atoms with van der Waals surface area (Å²) < 4.78 is 39.9. The predicted octanol–water partition coefficient (Wildman–Crippen LogP) is 4.93. The number of hydrogen-bond acceptors (Lipinski definition) is 4. The number of benzene rings is 3. The molecule has 0 radical (unpaired) electrons. The molecule has 0 saturated carbocycles. The molecule has 40 heavy (non-hydrogen) atoms. The third-order valence-corrected chi connectivity index (χ3v) is 7.43. The Morgan fingerprint density at radius 3 is 2.00 bits per heavy atom. The van der Waals surface area contributed by atoms with Crippen molar-refractivity contribution in [1.82, 2.24) is 10.2 Å². The molecule has 2 amide bonds. The zero-order valence-electron chi connectivity index (χ0n) is 23.5. The summed E-state index contributed by atoms with van der Waals surface area (Å²) in [4.78, 5) is 28.9. The number of carbonyl (C=O) groups is 2. The van der Waals surface area contributed by atoms with Crippen molar-refractivity contribution in [1.29, 1.82) is 0 Å². The molecule has 0 aromatic heterocycles. The lowest BCUT2D eigenvalue weighted by atomic mass is 10.00. The molecule has 3 rings (SSSR count). The quantitative estimate of drug-likeness (QED) is 0.336. The molecule has 1 unspecified atom stereocenters. The topological polar surface area (TPSA) is 86.8 Å². The van der Waals surface area contributed by atoms with E-state index in [0.717, 1.165) is 11.8 Å². The summed E-state index contributed by atoms with van der Waals surface area (Å²) in [5.41, 5.74) is 1.56. The van der Waals surface area contributed by atoms with Gasteiger partial charge in [0.15, 0.2) is 0 Å². The van der Waals surface area contributed by atoms with Crippen LogP contribution in [0.15, 0.2) is 84.9 Å². The number of halogens is 1. The molecule has 0 heterocycles. The summed E-state index contributed by atoms with van der Waals surface area (Å²) in [6.45, 7) is 5.83. The maximum absolute atomic E-state index is 13.8. The van der Waals surface area contributed by atoms with Crippen LogP contribution in [0.3, 0.4) is 0 Å². The van der Waals surface area contributed by atoms with Crippen LogP contribution < -0.4 is 9.62 Å². The summed E-state index contributed by atoms with van der Waals surface area (Å²) in [6.07, 6.45) is 1.69. The summed E-state index contributed by atoms with van der Waals surface area (Å²) in [5.74, 6) is -0.987. The van der Waals surface area contributed by atoms with Crippen molar-refractivity contribution in [3.8, 4) is 0 Å². The lowest BCUT2D eigenvalue weighted by Crippen LogP contribution is -2.54. The van der Waals surface area contributed by atoms with Gasteiger partial charge in [-0.25, -0.2) is 12.8 Å². The van der Waals surface area contributed by atoms with Crippen LogP contribution in [0.4, 0.5) is 10.1 Å². The van der Waals surface area contributed by atoms with E-state index in [2.05, 4.69) is 5.32 Å². The minimum atomic E-state index is -3.57. The highest BCUT2D eigenvalue weighted by molar-refractivity contribution is 7.92. The summed E-state index contributed by atoms with van der Waals surface area (Å²) in [6, 6.07) is 23.2. The van der Waals surface area contributed by atoms with Gasteiger partial charge >= 0.3 is 0 Å². The van der Waals surface area contributed by atoms with Crippen molar-refractivity contribution in [3.63, 3.8) is 0 Å². The van der Waals surface area contributed by atoms with Crippen molar-refractivity contribution in [2.75, 3.05) is 17.1 Å². The average Bonchev–Trinajstić information content (AvgIpc) is 2.89. The Morgan fingerprint density at radius 2 is 1.45 bits per heavy atom. The Bertz CT molecular complexity index is 1360. The molecule has 9 heteroatoms. The van der Waals surface area contributed by atoms with Gasteiger partial charge in [-0.2, -0.15) is 0 Å². The molecular weight excluding hydrogens is 529 g/mol. The number of para-hydroxylation sites is 1. The first-order valence-electron chi connectivity index (χ1n) is 13.3. The molecule has 3 aromatic rings. The van der Waals surface area contributed by atoms with Crippen molar-refractivity contribution in [3.05, 3.63) is 102 Å². The van der Waals surface area contributed by atoms with Crippen LogP contribution in [-0.2, 0) is 32.6 Å². The molecule has 1 N–H and O–H groups in total. The van der Waals surface area contributed by atoms with E-state index in [1.54, 1.807) is 42.5 Å². The van der Waals surface area contributed by atoms with Crippen LogP contribution in [0.2, 0.25) is 0 Å². The van der Waals surface area contributed by atoms with E-state index >= 15 is 0 Å². The SMILES string of the molecule is CC(C)(C)NC(=O)C(Cc1ccccc1)N(Cc1ccc(F)cc1)C(=O)CCCN(c1ccccc1)S(C)(=O)=O. The molecule has 0 saturated heterocycles. The van der Waals surface area contributed by atoms with Gasteiger partial charge in [0.05, 0.1) is 11.9 Å². The second kappa shape index (κ2) is 13.6. The molecule has 214 valence electrons. The van der Waals surface area contributed by atoms with Gasteiger partial charge in [0.25, 0.3) is 0 Å². The molecule has 0 aliphatic carbocycles. The maximum atomic E-state index is 13.8. The van der Waals surface area contributed by atoms with Crippen molar-refractivity contribution < 1.29 is 22.4 Å². The minimum absolute atomic E-state index is 0.0220. The van der Waals surface area contributed by atoms with Crippen molar-refractivity contribution in [2.45, 2.75) is 58.2 Å². The lowest BCUT2D eigenvalue weighted by Gasteiger charge is -2.34. The highest BCUT2D eigenvalue weighted by Crippen LogP contribution is 2.20. The van der Waals surface area contributed by atoms with Crippen molar-refractivity contribution in [2.24, 2.45) is 0 Å². The second-order valence-electron chi connectivity index (χ2n) is 10.9. The zero-order chi connectivity index (χ0) is 29.3. The van der Waals surface area contributed by atoms with Crippen LogP contribution in [0.1, 0.15) is 44.7 Å². The van der Waals surface area contributed by atoms with Crippen LogP contribution in [0.25, 0.3) is 0 Å². The summed E-state index contributed by atoms with van der Waals surface area (Å²) >= 11 is 0. The number of nitrogens with zero attached hydrogens (tertiary/aromatic N) is 2. The van der Waals surface area contributed by atoms with E-state index in [9.17, 15) is 22.4 Å². The molecule has 0 bridgehead atoms. The molecule has 1 atom stereocenters. The van der Waals surface area contributed by atoms with Crippen LogP contribution in [0.5, 0.6) is 0 Å². The smallest absolute Gasteiger partial charge is 0.243 e. The van der Waals surface area contributed by atoms with Crippen molar-refractivity contribution >= 4 is 27.5 Å². The fourth-order valence-corrected chi connectivity index (χ4v) is 5.36. The number of nitrogens with one attached hydrogen (secondary N) is 1. The standard InChI is InChI=1S/C31H38FN3O4S/c1-31(2,3)33-30(37)28(22-24-12-7-5-8-13-24)34(23-25-17-19-26(32)20-18-25)29(36)16-11-21-35(40(4,38)39)27-14-9-6-10-15-27/h5-10,12-15,17-20,28H,11,16,21-23H2,1-4H3,(H,33,37). The molecular formula is C31H38FN3O4S. The second-order valence-corrected chi connectivity index (χ2v) is 12.8. The molecule has 0 fully saturated rings. The third-order valence-electron chi connectivity index (χ3n) is 6.23. The highest BCUT2D eigenvalue weighted by Gasteiger charge is 2.32. The monoisotopic (exact) mass is 567 g/mol. The fraction of sp³-hybridized carbons (Fsp3) is 0.355. The van der Waals surface area contributed by atoms with E-state index in [0.29, 0.717) is 11.3 Å². The lowest BCUT2D eigenvalue weighted by molar-refractivity contribution is -0.142. The van der Waals surface area contributed by atoms with E-state index in [-0.39, 0.29) is 44.2 Å². The zero-order valence-corrected chi connectivity index (χ0v) is 24.3. The summed E-state index contributed by atoms with van der Waals surface area (Å²) in [7, 11) is -3.57. The number of rotatable bonds is 12. The van der Waals surface area contributed by atoms with E-state index < -0.39 is 27.4 Å². The van der Waals surface area contributed by atoms with Gasteiger partial charge in [-0.1, -0.05) is 60.7 Å². The Kier molecular flexibility index (Phi) is 10.5. The highest BCUT2D eigenvalue weighted by atomic mass is 32.2. The first kappa shape index (κ1) is 30.8. The normalized spacial score (nSPS) is 12.4. The van der Waals surface area contributed by atoms with Gasteiger partial charge in [0.1, 0.15) is 11.9 Å². The Morgan fingerprint density at radius 1 is 0.875 bits per heavy atom. The van der Waals surface area contributed by atoms with Gasteiger partial charge < -0.3 is 10.2 Å². The Balaban J connectivity index is 1.89. The van der Waals surface area contributed by atoms with E-state index in [1.807, 2.05) is 51.1 Å². The Labute approximate surface area is 237 Å². The number of amides is 2. The van der Waals surface area contributed by atoms with E-state index in [1.165, 1.54) is 21.3 Å². The first-order chi connectivity index (χ1) is 18.8. The first-order valence-corrected chi connectivity index (χ1v) is 15.1. The number of carbonyl (C=O) groups excluding carboxylic acids is 2. The largest absolute Gasteiger partial charge is 0.350 e. The molecule has 3 aromatic carbocycles. The maximum Gasteiger partial charge on any atom is 0.243 e. The molecule has 0 aliphatic rings. The van der Waals surface area contributed by atoms with Gasteiger partial charge in [-0.15, -0.1) is 0 Å². The average molecular weight is 568 g/mol. The number of hydrogen-bond donors (Lipinski definition) is 1. The third kappa shape index (κ3) is 9.48. The van der Waals surface area contributed by atoms with Crippen LogP contribution >= 0.6 is 0 Å². The number of anilines is 1. The minimum Gasteiger partial charge on any atom is -0.350 e. The molecule has 0 aliphatic heterocycles. The predicted molar refractivity (Wildman–Crippen MR) is 157 cm³/mol.